The van der Waals surface area contributed by atoms with Gasteiger partial charge in [0.1, 0.15) is 0 Å². The van der Waals surface area contributed by atoms with Gasteiger partial charge in [0.15, 0.2) is 11.5 Å². The molecule has 3 unspecified atom stereocenters. The van der Waals surface area contributed by atoms with E-state index in [4.69, 9.17) is 4.74 Å². The Balaban J connectivity index is 1.50. The largest absolute Gasteiger partial charge is 0.504 e. The van der Waals surface area contributed by atoms with E-state index in [1.54, 1.807) is 18.2 Å². The Kier molecular flexibility index (Phi) is 5.52. The van der Waals surface area contributed by atoms with E-state index in [9.17, 15) is 13.5 Å². The molecule has 2 aliphatic rings. The summed E-state index contributed by atoms with van der Waals surface area (Å²) < 4.78 is 34.4. The Morgan fingerprint density at radius 2 is 1.79 bits per heavy atom. The van der Waals surface area contributed by atoms with Crippen molar-refractivity contribution in [3.05, 3.63) is 89.0 Å². The molecule has 5 rings (SSSR count). The molecule has 0 fully saturated rings. The monoisotopic (exact) mass is 476 g/mol. The summed E-state index contributed by atoms with van der Waals surface area (Å²) in [5.41, 5.74) is 5.14. The fraction of sp³-hybridized carbons (Fsp3) is 0.259. The number of hydrogen-bond donors (Lipinski definition) is 3. The first kappa shape index (κ1) is 22.3. The van der Waals surface area contributed by atoms with Crippen LogP contribution in [0.2, 0.25) is 0 Å². The van der Waals surface area contributed by atoms with Gasteiger partial charge in [0.25, 0.3) is 10.0 Å². The van der Waals surface area contributed by atoms with Crippen molar-refractivity contribution in [2.45, 2.75) is 37.1 Å². The minimum absolute atomic E-state index is 0.0446. The summed E-state index contributed by atoms with van der Waals surface area (Å²) >= 11 is 0. The zero-order chi connectivity index (χ0) is 24.0. The van der Waals surface area contributed by atoms with E-state index >= 15 is 0 Å². The van der Waals surface area contributed by atoms with Crippen molar-refractivity contribution in [2.24, 2.45) is 5.92 Å². The van der Waals surface area contributed by atoms with E-state index < -0.39 is 10.0 Å². The second-order valence-electron chi connectivity index (χ2n) is 9.10. The van der Waals surface area contributed by atoms with Crippen LogP contribution in [-0.2, 0) is 10.0 Å². The third-order valence-electron chi connectivity index (χ3n) is 6.70. The molecule has 0 bridgehead atoms. The first-order chi connectivity index (χ1) is 16.3. The van der Waals surface area contributed by atoms with Gasteiger partial charge in [0.05, 0.1) is 18.0 Å². The number of para-hydroxylation sites is 1. The van der Waals surface area contributed by atoms with Crippen LogP contribution >= 0.6 is 0 Å². The molecule has 0 amide bonds. The molecule has 3 atom stereocenters. The van der Waals surface area contributed by atoms with Crippen LogP contribution in [0.4, 0.5) is 11.4 Å². The van der Waals surface area contributed by atoms with Crippen LogP contribution in [0, 0.1) is 19.8 Å². The van der Waals surface area contributed by atoms with Crippen molar-refractivity contribution >= 4 is 21.4 Å². The Labute approximate surface area is 200 Å². The van der Waals surface area contributed by atoms with Gasteiger partial charge in [0.2, 0.25) is 0 Å². The Bertz CT molecular complexity index is 1380. The number of sulfonamides is 1. The molecule has 3 aromatic carbocycles. The highest BCUT2D eigenvalue weighted by Gasteiger charge is 2.39. The van der Waals surface area contributed by atoms with Crippen LogP contribution in [0.5, 0.6) is 11.5 Å². The number of benzene rings is 3. The summed E-state index contributed by atoms with van der Waals surface area (Å²) in [7, 11) is -2.21. The number of fused-ring (bicyclic) bond motifs is 3. The van der Waals surface area contributed by atoms with Crippen molar-refractivity contribution in [2.75, 3.05) is 17.1 Å². The summed E-state index contributed by atoms with van der Waals surface area (Å²) in [5, 5.41) is 14.3. The topological polar surface area (TPSA) is 87.7 Å². The van der Waals surface area contributed by atoms with Crippen LogP contribution in [0.25, 0.3) is 0 Å². The average Bonchev–Trinajstić information content (AvgIpc) is 3.28. The predicted molar refractivity (Wildman–Crippen MR) is 134 cm³/mol. The molecule has 1 aliphatic carbocycles. The van der Waals surface area contributed by atoms with E-state index in [2.05, 4.69) is 22.2 Å². The average molecular weight is 477 g/mol. The Morgan fingerprint density at radius 3 is 2.53 bits per heavy atom. The second kappa shape index (κ2) is 8.40. The quantitative estimate of drug-likeness (QED) is 0.415. The van der Waals surface area contributed by atoms with Gasteiger partial charge in [-0.2, -0.15) is 0 Å². The van der Waals surface area contributed by atoms with E-state index in [0.29, 0.717) is 11.4 Å². The molecule has 176 valence electrons. The van der Waals surface area contributed by atoms with Crippen LogP contribution in [-0.4, -0.2) is 20.6 Å². The first-order valence-corrected chi connectivity index (χ1v) is 12.8. The smallest absolute Gasteiger partial charge is 0.261 e. The van der Waals surface area contributed by atoms with Crippen molar-refractivity contribution in [3.63, 3.8) is 0 Å². The number of phenolic OH excluding ortho intramolecular Hbond substituents is 1. The number of rotatable bonds is 5. The van der Waals surface area contributed by atoms with E-state index in [-0.39, 0.29) is 28.5 Å². The zero-order valence-corrected chi connectivity index (χ0v) is 20.2. The molecule has 0 saturated heterocycles. The lowest BCUT2D eigenvalue weighted by atomic mass is 9.77. The van der Waals surface area contributed by atoms with Gasteiger partial charge < -0.3 is 15.2 Å². The first-order valence-electron chi connectivity index (χ1n) is 11.3. The van der Waals surface area contributed by atoms with E-state index in [0.717, 1.165) is 34.4 Å². The molecule has 0 spiro atoms. The summed E-state index contributed by atoms with van der Waals surface area (Å²) in [5.74, 6) is 0.763. The third-order valence-corrected chi connectivity index (χ3v) is 8.08. The van der Waals surface area contributed by atoms with Crippen molar-refractivity contribution in [1.82, 2.24) is 0 Å². The maximum atomic E-state index is 13.2. The maximum Gasteiger partial charge on any atom is 0.261 e. The van der Waals surface area contributed by atoms with Gasteiger partial charge in [-0.25, -0.2) is 8.42 Å². The van der Waals surface area contributed by atoms with Gasteiger partial charge in [-0.05, 0) is 79.3 Å². The highest BCUT2D eigenvalue weighted by molar-refractivity contribution is 7.92. The van der Waals surface area contributed by atoms with Crippen LogP contribution in [0.15, 0.2) is 71.6 Å². The number of hydrogen-bond acceptors (Lipinski definition) is 5. The van der Waals surface area contributed by atoms with Gasteiger partial charge in [-0.1, -0.05) is 30.4 Å². The standard InChI is InChI=1S/C27H28N2O4S/c1-16-12-17(2)14-18(13-16)29-34(31,32)19-10-11-24-23(15-19)20-6-4-7-21(20)26(28-24)22-8-5-9-25(33-3)27(22)30/h4-6,8-15,20-21,26,28-30H,7H2,1-3H3. The van der Waals surface area contributed by atoms with Crippen molar-refractivity contribution in [3.8, 4) is 11.5 Å². The predicted octanol–water partition coefficient (Wildman–Crippen LogP) is 5.64. The number of ether oxygens (including phenoxy) is 1. The molecule has 34 heavy (non-hydrogen) atoms. The molecule has 3 N–H and O–H groups in total. The Hall–Kier alpha value is -3.45. The number of anilines is 2. The molecule has 7 heteroatoms. The van der Waals surface area contributed by atoms with Gasteiger partial charge >= 0.3 is 0 Å². The SMILES string of the molecule is COc1cccc(C2Nc3ccc(S(=O)(=O)Nc4cc(C)cc(C)c4)cc3C3C=CCC32)c1O. The number of aryl methyl sites for hydroxylation is 2. The minimum atomic E-state index is -3.75. The van der Waals surface area contributed by atoms with Gasteiger partial charge in [-0.15, -0.1) is 0 Å². The lowest BCUT2D eigenvalue weighted by Crippen LogP contribution is -2.29. The summed E-state index contributed by atoms with van der Waals surface area (Å²) in [6, 6.07) is 16.2. The lowest BCUT2D eigenvalue weighted by molar-refractivity contribution is 0.358. The third kappa shape index (κ3) is 3.90. The highest BCUT2D eigenvalue weighted by Crippen LogP contribution is 2.52. The van der Waals surface area contributed by atoms with E-state index in [1.807, 2.05) is 50.2 Å². The summed E-state index contributed by atoms with van der Waals surface area (Å²) in [6.45, 7) is 3.89. The number of methoxy groups -OCH3 is 1. The number of nitrogens with one attached hydrogen (secondary N) is 2. The van der Waals surface area contributed by atoms with E-state index in [1.165, 1.54) is 7.11 Å². The molecule has 1 heterocycles. The zero-order valence-electron chi connectivity index (χ0n) is 19.4. The minimum Gasteiger partial charge on any atom is -0.504 e. The number of aromatic hydroxyl groups is 1. The van der Waals surface area contributed by atoms with Crippen LogP contribution in [0.3, 0.4) is 0 Å². The maximum absolute atomic E-state index is 13.2. The second-order valence-corrected chi connectivity index (χ2v) is 10.8. The number of phenols is 1. The molecule has 0 radical (unpaired) electrons. The van der Waals surface area contributed by atoms with Crippen LogP contribution in [0.1, 0.15) is 40.6 Å². The summed E-state index contributed by atoms with van der Waals surface area (Å²) in [6.07, 6.45) is 5.10. The molecule has 1 aliphatic heterocycles. The highest BCUT2D eigenvalue weighted by atomic mass is 32.2. The van der Waals surface area contributed by atoms with Gasteiger partial charge in [-0.3, -0.25) is 4.72 Å². The lowest BCUT2D eigenvalue weighted by Gasteiger charge is -2.38. The van der Waals surface area contributed by atoms with Crippen molar-refractivity contribution < 1.29 is 18.3 Å². The molecule has 0 saturated carbocycles. The molecule has 6 nitrogen and oxygen atoms in total. The van der Waals surface area contributed by atoms with Crippen molar-refractivity contribution in [1.29, 1.82) is 0 Å². The van der Waals surface area contributed by atoms with Crippen LogP contribution < -0.4 is 14.8 Å². The normalized spacial score (nSPS) is 20.9. The molecule has 3 aromatic rings. The van der Waals surface area contributed by atoms with Gasteiger partial charge in [0, 0.05) is 22.9 Å². The fourth-order valence-corrected chi connectivity index (χ4v) is 6.33. The fourth-order valence-electron chi connectivity index (χ4n) is 5.25. The molecule has 0 aromatic heterocycles. The molecular formula is C27H28N2O4S. The number of allylic oxidation sites excluding steroid dienone is 2. The Morgan fingerprint density at radius 1 is 1.03 bits per heavy atom. The molecular weight excluding hydrogens is 448 g/mol. The summed E-state index contributed by atoms with van der Waals surface area (Å²) in [4.78, 5) is 0.230.